The number of nitrogens with zero attached hydrogens (tertiary/aromatic N) is 3. The molecule has 0 unspecified atom stereocenters. The van der Waals surface area contributed by atoms with Crippen LogP contribution in [0.5, 0.6) is 0 Å². The molecule has 1 aromatic carbocycles. The number of aliphatic imine (C=N–C) groups is 1. The highest BCUT2D eigenvalue weighted by Crippen LogP contribution is 2.40. The molecule has 0 N–H and O–H groups in total. The molecular formula is C17H17N3. The van der Waals surface area contributed by atoms with Gasteiger partial charge in [0, 0.05) is 35.5 Å². The fraction of sp³-hybridized carbons (Fsp3) is 0.353. The maximum absolute atomic E-state index is 4.53. The minimum absolute atomic E-state index is 0.0419. The zero-order chi connectivity index (χ0) is 13.7. The van der Waals surface area contributed by atoms with Gasteiger partial charge in [-0.3, -0.25) is 4.99 Å². The molecule has 2 heterocycles. The van der Waals surface area contributed by atoms with Crippen LogP contribution < -0.4 is 0 Å². The molecule has 0 saturated heterocycles. The van der Waals surface area contributed by atoms with Gasteiger partial charge in [0.25, 0.3) is 0 Å². The van der Waals surface area contributed by atoms with Crippen molar-refractivity contribution in [2.75, 3.05) is 0 Å². The van der Waals surface area contributed by atoms with Crippen molar-refractivity contribution in [3.05, 3.63) is 42.0 Å². The Bertz CT molecular complexity index is 695. The van der Waals surface area contributed by atoms with E-state index in [-0.39, 0.29) is 5.41 Å². The lowest BCUT2D eigenvalue weighted by molar-refractivity contribution is 0.753. The van der Waals surface area contributed by atoms with Gasteiger partial charge < -0.3 is 0 Å². The van der Waals surface area contributed by atoms with Crippen molar-refractivity contribution in [3.63, 3.8) is 0 Å². The minimum atomic E-state index is 0.0419. The van der Waals surface area contributed by atoms with Gasteiger partial charge in [0.15, 0.2) is 0 Å². The summed E-state index contributed by atoms with van der Waals surface area (Å²) in [6.07, 6.45) is 8.37. The average molecular weight is 263 g/mol. The number of benzene rings is 1. The second kappa shape index (κ2) is 3.98. The van der Waals surface area contributed by atoms with Gasteiger partial charge in [0.1, 0.15) is 5.82 Å². The van der Waals surface area contributed by atoms with Crippen LogP contribution in [0, 0.1) is 0 Å². The average Bonchev–Trinajstić information content (AvgIpc) is 3.26. The summed E-state index contributed by atoms with van der Waals surface area (Å²) in [5.41, 5.74) is 4.61. The lowest BCUT2D eigenvalue weighted by atomic mass is 9.86. The van der Waals surface area contributed by atoms with Crippen molar-refractivity contribution in [2.45, 2.75) is 38.0 Å². The molecule has 2 aromatic rings. The van der Waals surface area contributed by atoms with E-state index in [0.717, 1.165) is 22.6 Å². The van der Waals surface area contributed by atoms with E-state index in [1.165, 1.54) is 18.4 Å². The summed E-state index contributed by atoms with van der Waals surface area (Å²) >= 11 is 0. The largest absolute Gasteiger partial charge is 0.260 e. The normalized spacial score (nSPS) is 19.1. The van der Waals surface area contributed by atoms with Crippen LogP contribution in [0.15, 0.2) is 35.6 Å². The van der Waals surface area contributed by atoms with Crippen molar-refractivity contribution in [1.29, 1.82) is 0 Å². The van der Waals surface area contributed by atoms with E-state index in [1.54, 1.807) is 0 Å². The van der Waals surface area contributed by atoms with Gasteiger partial charge in [0.2, 0.25) is 0 Å². The number of rotatable bonds is 2. The van der Waals surface area contributed by atoms with Crippen LogP contribution in [0.3, 0.4) is 0 Å². The van der Waals surface area contributed by atoms with Gasteiger partial charge in [-0.25, -0.2) is 9.97 Å². The molecule has 1 aliphatic heterocycles. The van der Waals surface area contributed by atoms with Crippen LogP contribution in [0.2, 0.25) is 0 Å². The molecule has 1 fully saturated rings. The highest BCUT2D eigenvalue weighted by molar-refractivity contribution is 5.86. The molecular weight excluding hydrogens is 246 g/mol. The number of hydrogen-bond acceptors (Lipinski definition) is 3. The van der Waals surface area contributed by atoms with Crippen LogP contribution in [0.25, 0.3) is 11.1 Å². The van der Waals surface area contributed by atoms with Gasteiger partial charge in [-0.1, -0.05) is 26.0 Å². The van der Waals surface area contributed by atoms with Gasteiger partial charge in [0.05, 0.1) is 5.69 Å². The standard InChI is InChI=1S/C17H17N3/c1-17(2)10-20-15-7-12(5-6-14(15)17)13-8-18-16(19-9-13)11-3-4-11/h5-11H,3-4H2,1-2H3. The Kier molecular flexibility index (Phi) is 2.34. The van der Waals surface area contributed by atoms with Crippen LogP contribution in [0.4, 0.5) is 5.69 Å². The fourth-order valence-electron chi connectivity index (χ4n) is 2.70. The Morgan fingerprint density at radius 3 is 2.50 bits per heavy atom. The molecule has 1 aliphatic carbocycles. The van der Waals surface area contributed by atoms with E-state index in [0.29, 0.717) is 5.92 Å². The predicted octanol–water partition coefficient (Wildman–Crippen LogP) is 4.01. The van der Waals surface area contributed by atoms with Crippen molar-refractivity contribution in [3.8, 4) is 11.1 Å². The summed E-state index contributed by atoms with van der Waals surface area (Å²) in [5, 5.41) is 0. The van der Waals surface area contributed by atoms with Gasteiger partial charge in [-0.05, 0) is 30.0 Å². The summed E-state index contributed by atoms with van der Waals surface area (Å²) in [6, 6.07) is 6.45. The van der Waals surface area contributed by atoms with E-state index in [2.05, 4.69) is 47.0 Å². The third kappa shape index (κ3) is 1.85. The maximum atomic E-state index is 4.53. The van der Waals surface area contributed by atoms with E-state index in [4.69, 9.17) is 0 Å². The molecule has 4 rings (SSSR count). The Morgan fingerprint density at radius 1 is 1.05 bits per heavy atom. The molecule has 1 aromatic heterocycles. The summed E-state index contributed by atoms with van der Waals surface area (Å²) < 4.78 is 0. The SMILES string of the molecule is CC1(C)C=Nc2cc(-c3cnc(C4CC4)nc3)ccc21. The quantitative estimate of drug-likeness (QED) is 0.821. The molecule has 0 atom stereocenters. The first-order valence-electron chi connectivity index (χ1n) is 7.15. The van der Waals surface area contributed by atoms with Crippen molar-refractivity contribution < 1.29 is 0 Å². The zero-order valence-corrected chi connectivity index (χ0v) is 11.8. The van der Waals surface area contributed by atoms with E-state index >= 15 is 0 Å². The summed E-state index contributed by atoms with van der Waals surface area (Å²) in [6.45, 7) is 4.38. The molecule has 3 nitrogen and oxygen atoms in total. The Labute approximate surface area is 118 Å². The summed E-state index contributed by atoms with van der Waals surface area (Å²) in [5.74, 6) is 1.60. The molecule has 0 amide bonds. The van der Waals surface area contributed by atoms with Gasteiger partial charge >= 0.3 is 0 Å². The second-order valence-electron chi connectivity index (χ2n) is 6.32. The van der Waals surface area contributed by atoms with Gasteiger partial charge in [-0.2, -0.15) is 0 Å². The smallest absolute Gasteiger partial charge is 0.131 e. The Morgan fingerprint density at radius 2 is 1.80 bits per heavy atom. The van der Waals surface area contributed by atoms with E-state index < -0.39 is 0 Å². The first-order valence-corrected chi connectivity index (χ1v) is 7.15. The molecule has 20 heavy (non-hydrogen) atoms. The number of aromatic nitrogens is 2. The topological polar surface area (TPSA) is 38.1 Å². The van der Waals surface area contributed by atoms with Gasteiger partial charge in [-0.15, -0.1) is 0 Å². The number of hydrogen-bond donors (Lipinski definition) is 0. The number of fused-ring (bicyclic) bond motifs is 1. The van der Waals surface area contributed by atoms with Crippen molar-refractivity contribution in [2.24, 2.45) is 4.99 Å². The molecule has 2 aliphatic rings. The van der Waals surface area contributed by atoms with E-state index in [9.17, 15) is 0 Å². The molecule has 0 spiro atoms. The van der Waals surface area contributed by atoms with Crippen LogP contribution in [-0.4, -0.2) is 16.2 Å². The lowest BCUT2D eigenvalue weighted by Gasteiger charge is -2.15. The maximum Gasteiger partial charge on any atom is 0.131 e. The minimum Gasteiger partial charge on any atom is -0.260 e. The third-order valence-electron chi connectivity index (χ3n) is 4.17. The van der Waals surface area contributed by atoms with Crippen molar-refractivity contribution >= 4 is 11.9 Å². The lowest BCUT2D eigenvalue weighted by Crippen LogP contribution is -2.14. The van der Waals surface area contributed by atoms with E-state index in [1.807, 2.05) is 18.6 Å². The molecule has 0 radical (unpaired) electrons. The van der Waals surface area contributed by atoms with Crippen LogP contribution in [-0.2, 0) is 5.41 Å². The first kappa shape index (κ1) is 11.8. The highest BCUT2D eigenvalue weighted by atomic mass is 14.9. The first-order chi connectivity index (χ1) is 9.63. The highest BCUT2D eigenvalue weighted by Gasteiger charge is 2.27. The Hall–Kier alpha value is -2.03. The molecule has 3 heteroatoms. The molecule has 1 saturated carbocycles. The molecule has 100 valence electrons. The van der Waals surface area contributed by atoms with Crippen molar-refractivity contribution in [1.82, 2.24) is 9.97 Å². The zero-order valence-electron chi connectivity index (χ0n) is 11.8. The fourth-order valence-corrected chi connectivity index (χ4v) is 2.70. The molecule has 0 bridgehead atoms. The summed E-state index contributed by atoms with van der Waals surface area (Å²) in [4.78, 5) is 13.5. The Balaban J connectivity index is 1.70. The van der Waals surface area contributed by atoms with Crippen LogP contribution >= 0.6 is 0 Å². The predicted molar refractivity (Wildman–Crippen MR) is 80.6 cm³/mol. The summed E-state index contributed by atoms with van der Waals surface area (Å²) in [7, 11) is 0. The monoisotopic (exact) mass is 263 g/mol. The second-order valence-corrected chi connectivity index (χ2v) is 6.32. The third-order valence-corrected chi connectivity index (χ3v) is 4.17. The van der Waals surface area contributed by atoms with Crippen LogP contribution in [0.1, 0.15) is 44.0 Å².